The largest absolute Gasteiger partial charge is 0.290 e. The molecule has 1 aromatic heterocycles. The number of aryl methyl sites for hydroxylation is 2. The number of benzene rings is 1. The molecule has 0 spiro atoms. The first-order chi connectivity index (χ1) is 9.91. The lowest BCUT2D eigenvalue weighted by Gasteiger charge is -2.13. The molecule has 1 amide bonds. The lowest BCUT2D eigenvalue weighted by atomic mass is 10.1. The Kier molecular flexibility index (Phi) is 4.30. The van der Waals surface area contributed by atoms with Crippen LogP contribution < -0.4 is 5.32 Å². The number of amides is 1. The Labute approximate surface area is 122 Å². The van der Waals surface area contributed by atoms with Crippen molar-refractivity contribution in [2.75, 3.05) is 5.32 Å². The summed E-state index contributed by atoms with van der Waals surface area (Å²) < 4.78 is 15.1. The molecule has 2 aromatic rings. The molecule has 1 unspecified atom stereocenters. The van der Waals surface area contributed by atoms with Gasteiger partial charge in [0, 0.05) is 0 Å². The lowest BCUT2D eigenvalue weighted by molar-refractivity contribution is -0.122. The molecule has 0 radical (unpaired) electrons. The minimum atomic E-state index is -1.60. The second kappa shape index (κ2) is 5.99. The van der Waals surface area contributed by atoms with Crippen LogP contribution in [-0.4, -0.2) is 32.3 Å². The normalized spacial score (nSPS) is 12.5. The Balaban J connectivity index is 2.34. The van der Waals surface area contributed by atoms with Crippen LogP contribution in [0, 0.1) is 19.8 Å². The number of halogens is 1. The molecule has 2 rings (SSSR count). The van der Waals surface area contributed by atoms with Crippen molar-refractivity contribution in [1.29, 1.82) is 0 Å². The molecule has 0 aliphatic carbocycles. The molecule has 21 heavy (non-hydrogen) atoms. The van der Waals surface area contributed by atoms with Crippen LogP contribution >= 0.6 is 0 Å². The molecule has 112 valence electrons. The Morgan fingerprint density at radius 2 is 1.90 bits per heavy atom. The minimum Gasteiger partial charge on any atom is -0.290 e. The molecule has 0 bridgehead atoms. The average molecular weight is 291 g/mol. The summed E-state index contributed by atoms with van der Waals surface area (Å²) in [6.07, 6.45) is -1.60. The third-order valence-corrected chi connectivity index (χ3v) is 3.19. The molecule has 1 aromatic carbocycles. The maximum atomic E-state index is 13.7. The van der Waals surface area contributed by atoms with E-state index in [0.717, 1.165) is 16.8 Å². The van der Waals surface area contributed by atoms with Gasteiger partial charge in [-0.05, 0) is 41.3 Å². The first kappa shape index (κ1) is 15.1. The smallest absolute Gasteiger partial charge is 0.261 e. The number of alkyl halides is 1. The summed E-state index contributed by atoms with van der Waals surface area (Å²) >= 11 is 0. The molecule has 7 heteroatoms. The predicted molar refractivity (Wildman–Crippen MR) is 77.0 cm³/mol. The van der Waals surface area contributed by atoms with E-state index in [0.29, 0.717) is 0 Å². The molecule has 1 heterocycles. The Morgan fingerprint density at radius 1 is 1.29 bits per heavy atom. The van der Waals surface area contributed by atoms with Crippen LogP contribution in [0.15, 0.2) is 18.2 Å². The van der Waals surface area contributed by atoms with Gasteiger partial charge in [-0.25, -0.2) is 4.39 Å². The van der Waals surface area contributed by atoms with Crippen molar-refractivity contribution in [3.63, 3.8) is 0 Å². The second-order valence-electron chi connectivity index (χ2n) is 5.29. The highest BCUT2D eigenvalue weighted by atomic mass is 19.1. The molecule has 0 aliphatic rings. The van der Waals surface area contributed by atoms with E-state index in [9.17, 15) is 9.18 Å². The summed E-state index contributed by atoms with van der Waals surface area (Å²) in [5.41, 5.74) is 2.69. The van der Waals surface area contributed by atoms with E-state index in [1.807, 2.05) is 32.0 Å². The number of hydrogen-bond donors (Lipinski definition) is 1. The van der Waals surface area contributed by atoms with Crippen LogP contribution in [0.4, 0.5) is 10.3 Å². The van der Waals surface area contributed by atoms with E-state index in [1.54, 1.807) is 13.8 Å². The first-order valence-corrected chi connectivity index (χ1v) is 6.71. The molecular formula is C14H18FN5O. The number of nitrogens with zero attached hydrogens (tertiary/aromatic N) is 4. The van der Waals surface area contributed by atoms with E-state index < -0.39 is 18.0 Å². The van der Waals surface area contributed by atoms with E-state index in [4.69, 9.17) is 0 Å². The predicted octanol–water partition coefficient (Wildman–Crippen LogP) is 2.21. The van der Waals surface area contributed by atoms with E-state index >= 15 is 0 Å². The molecular weight excluding hydrogens is 273 g/mol. The standard InChI is InChI=1S/C14H18FN5O/c1-8(2)11(15)13(21)16-14-17-18-19-20(14)12-9(3)6-5-7-10(12)4/h5-8,11H,1-4H3,(H,16,17,19,21). The maximum Gasteiger partial charge on any atom is 0.261 e. The van der Waals surface area contributed by atoms with Crippen molar-refractivity contribution in [2.24, 2.45) is 5.92 Å². The van der Waals surface area contributed by atoms with Crippen molar-refractivity contribution in [1.82, 2.24) is 20.2 Å². The number of aromatic nitrogens is 4. The number of nitrogens with one attached hydrogen (secondary N) is 1. The highest BCUT2D eigenvalue weighted by Gasteiger charge is 2.24. The van der Waals surface area contributed by atoms with Crippen LogP contribution in [0.1, 0.15) is 25.0 Å². The molecule has 0 saturated carbocycles. The Hall–Kier alpha value is -2.31. The Bertz CT molecular complexity index is 632. The fourth-order valence-electron chi connectivity index (χ4n) is 2.04. The van der Waals surface area contributed by atoms with Gasteiger partial charge in [0.05, 0.1) is 5.69 Å². The van der Waals surface area contributed by atoms with Crippen molar-refractivity contribution in [3.8, 4) is 5.69 Å². The second-order valence-corrected chi connectivity index (χ2v) is 5.29. The molecule has 0 fully saturated rings. The number of tetrazole rings is 1. The van der Waals surface area contributed by atoms with Gasteiger partial charge >= 0.3 is 0 Å². The third kappa shape index (κ3) is 3.07. The number of hydrogen-bond acceptors (Lipinski definition) is 4. The Morgan fingerprint density at radius 3 is 2.48 bits per heavy atom. The molecule has 0 aliphatic heterocycles. The van der Waals surface area contributed by atoms with Gasteiger partial charge in [0.15, 0.2) is 6.17 Å². The summed E-state index contributed by atoms with van der Waals surface area (Å²) in [6.45, 7) is 7.11. The highest BCUT2D eigenvalue weighted by Crippen LogP contribution is 2.20. The summed E-state index contributed by atoms with van der Waals surface area (Å²) in [5, 5.41) is 13.6. The average Bonchev–Trinajstić information content (AvgIpc) is 2.85. The summed E-state index contributed by atoms with van der Waals surface area (Å²) in [7, 11) is 0. The molecule has 1 atom stereocenters. The fraction of sp³-hybridized carbons (Fsp3) is 0.429. The van der Waals surface area contributed by atoms with Crippen molar-refractivity contribution >= 4 is 11.9 Å². The third-order valence-electron chi connectivity index (χ3n) is 3.19. The quantitative estimate of drug-likeness (QED) is 0.937. The number of anilines is 1. The topological polar surface area (TPSA) is 72.7 Å². The SMILES string of the molecule is Cc1cccc(C)c1-n1nnnc1NC(=O)C(F)C(C)C. The van der Waals surface area contributed by atoms with Crippen LogP contribution in [0.5, 0.6) is 0 Å². The van der Waals surface area contributed by atoms with E-state index in [1.165, 1.54) is 4.68 Å². The number of para-hydroxylation sites is 1. The van der Waals surface area contributed by atoms with Gasteiger partial charge < -0.3 is 0 Å². The lowest BCUT2D eigenvalue weighted by Crippen LogP contribution is -2.29. The van der Waals surface area contributed by atoms with Crippen LogP contribution in [0.3, 0.4) is 0 Å². The van der Waals surface area contributed by atoms with Crippen LogP contribution in [0.25, 0.3) is 5.69 Å². The van der Waals surface area contributed by atoms with Gasteiger partial charge in [-0.1, -0.05) is 37.1 Å². The monoisotopic (exact) mass is 291 g/mol. The molecule has 6 nitrogen and oxygen atoms in total. The zero-order valence-corrected chi connectivity index (χ0v) is 12.5. The first-order valence-electron chi connectivity index (χ1n) is 6.71. The fourth-order valence-corrected chi connectivity index (χ4v) is 2.04. The number of rotatable bonds is 4. The zero-order chi connectivity index (χ0) is 15.6. The number of carbonyl (C=O) groups is 1. The van der Waals surface area contributed by atoms with E-state index in [2.05, 4.69) is 20.8 Å². The van der Waals surface area contributed by atoms with Gasteiger partial charge in [-0.2, -0.15) is 4.68 Å². The number of carbonyl (C=O) groups excluding carboxylic acids is 1. The minimum absolute atomic E-state index is 0.112. The van der Waals surface area contributed by atoms with Gasteiger partial charge in [0.1, 0.15) is 0 Å². The van der Waals surface area contributed by atoms with Gasteiger partial charge in [0.25, 0.3) is 11.9 Å². The maximum absolute atomic E-state index is 13.7. The van der Waals surface area contributed by atoms with Crippen molar-refractivity contribution in [2.45, 2.75) is 33.9 Å². The summed E-state index contributed by atoms with van der Waals surface area (Å²) in [4.78, 5) is 11.8. The van der Waals surface area contributed by atoms with Gasteiger partial charge in [-0.3, -0.25) is 10.1 Å². The molecule has 0 saturated heterocycles. The molecule has 1 N–H and O–H groups in total. The van der Waals surface area contributed by atoms with Gasteiger partial charge in [0.2, 0.25) is 0 Å². The van der Waals surface area contributed by atoms with Crippen molar-refractivity contribution in [3.05, 3.63) is 29.3 Å². The van der Waals surface area contributed by atoms with E-state index in [-0.39, 0.29) is 5.95 Å². The zero-order valence-electron chi connectivity index (χ0n) is 12.5. The van der Waals surface area contributed by atoms with Crippen LogP contribution in [-0.2, 0) is 4.79 Å². The summed E-state index contributed by atoms with van der Waals surface area (Å²) in [6, 6.07) is 5.76. The highest BCUT2D eigenvalue weighted by molar-refractivity contribution is 5.92. The summed E-state index contributed by atoms with van der Waals surface area (Å²) in [5.74, 6) is -1.04. The van der Waals surface area contributed by atoms with Crippen LogP contribution in [0.2, 0.25) is 0 Å². The van der Waals surface area contributed by atoms with Crippen molar-refractivity contribution < 1.29 is 9.18 Å². The van der Waals surface area contributed by atoms with Gasteiger partial charge in [-0.15, -0.1) is 0 Å².